The molecule has 0 aliphatic carbocycles. The predicted octanol–water partition coefficient (Wildman–Crippen LogP) is 5.16. The first-order chi connectivity index (χ1) is 9.40. The van der Waals surface area contributed by atoms with Crippen LogP contribution < -0.4 is 0 Å². The van der Waals surface area contributed by atoms with E-state index in [0.717, 1.165) is 6.42 Å². The average Bonchev–Trinajstić information content (AvgIpc) is 2.49. The molecule has 100 valence electrons. The molecule has 2 aromatic carbocycles. The van der Waals surface area contributed by atoms with E-state index in [-0.39, 0.29) is 6.10 Å². The second-order valence-electron chi connectivity index (χ2n) is 4.53. The summed E-state index contributed by atoms with van der Waals surface area (Å²) in [7, 11) is 0. The van der Waals surface area contributed by atoms with E-state index in [9.17, 15) is 0 Å². The molecule has 0 aliphatic heterocycles. The summed E-state index contributed by atoms with van der Waals surface area (Å²) < 4.78 is 7.29. The van der Waals surface area contributed by atoms with Gasteiger partial charge < -0.3 is 4.74 Å². The molecule has 0 spiro atoms. The zero-order chi connectivity index (χ0) is 13.3. The number of alkyl halides is 1. The quantitative estimate of drug-likeness (QED) is 0.486. The van der Waals surface area contributed by atoms with Crippen LogP contribution in [0.2, 0.25) is 0 Å². The summed E-state index contributed by atoms with van der Waals surface area (Å²) in [6, 6.07) is 20.9. The van der Waals surface area contributed by atoms with Crippen molar-refractivity contribution in [3.05, 3.63) is 71.8 Å². The van der Waals surface area contributed by atoms with Crippen molar-refractivity contribution in [2.75, 3.05) is 4.43 Å². The fraction of sp³-hybridized carbons (Fsp3) is 0.294. The summed E-state index contributed by atoms with van der Waals surface area (Å²) in [6.07, 6.45) is 2.48. The molecule has 2 rings (SSSR count). The molecule has 0 aliphatic rings. The van der Waals surface area contributed by atoms with Gasteiger partial charge in [-0.3, -0.25) is 0 Å². The van der Waals surface area contributed by atoms with E-state index < -0.39 is 0 Å². The van der Waals surface area contributed by atoms with Gasteiger partial charge in [0.1, 0.15) is 0 Å². The monoisotopic (exact) mass is 366 g/mol. The highest BCUT2D eigenvalue weighted by Crippen LogP contribution is 2.24. The van der Waals surface area contributed by atoms with E-state index in [1.807, 2.05) is 6.07 Å². The number of ether oxygens (including phenoxy) is 1. The second-order valence-corrected chi connectivity index (χ2v) is 5.61. The third-order valence-electron chi connectivity index (χ3n) is 3.07. The molecule has 0 amide bonds. The maximum absolute atomic E-state index is 6.11. The molecule has 0 saturated carbocycles. The van der Waals surface area contributed by atoms with Crippen LogP contribution in [0.5, 0.6) is 0 Å². The summed E-state index contributed by atoms with van der Waals surface area (Å²) in [5.74, 6) is 0. The molecule has 0 saturated heterocycles. The summed E-state index contributed by atoms with van der Waals surface area (Å²) in [5.41, 5.74) is 2.51. The maximum atomic E-state index is 6.11. The number of hydrogen-bond donors (Lipinski definition) is 0. The van der Waals surface area contributed by atoms with Gasteiger partial charge in [0.15, 0.2) is 0 Å². The SMILES string of the molecule is ICCCC(OCc1ccccc1)c1ccccc1. The Morgan fingerprint density at radius 3 is 2.16 bits per heavy atom. The van der Waals surface area contributed by atoms with Gasteiger partial charge in [0.05, 0.1) is 12.7 Å². The third kappa shape index (κ3) is 4.96. The lowest BCUT2D eigenvalue weighted by atomic mass is 10.1. The van der Waals surface area contributed by atoms with E-state index >= 15 is 0 Å². The second kappa shape index (κ2) is 8.33. The van der Waals surface area contributed by atoms with Crippen LogP contribution in [-0.2, 0) is 11.3 Å². The Morgan fingerprint density at radius 2 is 1.53 bits per heavy atom. The number of rotatable bonds is 7. The van der Waals surface area contributed by atoms with Gasteiger partial charge in [-0.25, -0.2) is 0 Å². The summed E-state index contributed by atoms with van der Waals surface area (Å²) in [4.78, 5) is 0. The molecule has 0 aromatic heterocycles. The highest BCUT2D eigenvalue weighted by atomic mass is 127. The van der Waals surface area contributed by atoms with Crippen LogP contribution in [-0.4, -0.2) is 4.43 Å². The van der Waals surface area contributed by atoms with Crippen molar-refractivity contribution in [3.63, 3.8) is 0 Å². The Bertz CT molecular complexity index is 455. The van der Waals surface area contributed by atoms with Crippen LogP contribution >= 0.6 is 22.6 Å². The molecule has 0 N–H and O–H groups in total. The summed E-state index contributed by atoms with van der Waals surface area (Å²) in [5, 5.41) is 0. The topological polar surface area (TPSA) is 9.23 Å². The normalized spacial score (nSPS) is 12.3. The molecule has 0 bridgehead atoms. The van der Waals surface area contributed by atoms with Gasteiger partial charge in [0, 0.05) is 0 Å². The smallest absolute Gasteiger partial charge is 0.0829 e. The zero-order valence-corrected chi connectivity index (χ0v) is 13.1. The Hall–Kier alpha value is -0.870. The summed E-state index contributed by atoms with van der Waals surface area (Å²) >= 11 is 2.42. The van der Waals surface area contributed by atoms with Crippen LogP contribution in [0.4, 0.5) is 0 Å². The number of benzene rings is 2. The van der Waals surface area contributed by atoms with E-state index in [4.69, 9.17) is 4.74 Å². The molecule has 2 aromatic rings. The highest BCUT2D eigenvalue weighted by Gasteiger charge is 2.11. The van der Waals surface area contributed by atoms with Crippen molar-refractivity contribution in [1.29, 1.82) is 0 Å². The fourth-order valence-electron chi connectivity index (χ4n) is 2.05. The predicted molar refractivity (Wildman–Crippen MR) is 88.5 cm³/mol. The molecular weight excluding hydrogens is 347 g/mol. The standard InChI is InChI=1S/C17H19IO/c18-13-7-12-17(16-10-5-2-6-11-16)19-14-15-8-3-1-4-9-15/h1-6,8-11,17H,7,12-14H2. The molecule has 19 heavy (non-hydrogen) atoms. The van der Waals surface area contributed by atoms with E-state index in [2.05, 4.69) is 77.2 Å². The largest absolute Gasteiger partial charge is 0.369 e. The van der Waals surface area contributed by atoms with Gasteiger partial charge >= 0.3 is 0 Å². The lowest BCUT2D eigenvalue weighted by Crippen LogP contribution is -2.05. The lowest BCUT2D eigenvalue weighted by Gasteiger charge is -2.18. The first-order valence-electron chi connectivity index (χ1n) is 6.66. The first-order valence-corrected chi connectivity index (χ1v) is 8.19. The molecule has 0 heterocycles. The van der Waals surface area contributed by atoms with Crippen molar-refractivity contribution in [3.8, 4) is 0 Å². The van der Waals surface area contributed by atoms with Crippen molar-refractivity contribution in [1.82, 2.24) is 0 Å². The molecule has 1 atom stereocenters. The fourth-order valence-corrected chi connectivity index (χ4v) is 2.49. The van der Waals surface area contributed by atoms with Gasteiger partial charge in [-0.05, 0) is 28.4 Å². The minimum atomic E-state index is 0.205. The van der Waals surface area contributed by atoms with Gasteiger partial charge in [0.25, 0.3) is 0 Å². The van der Waals surface area contributed by atoms with E-state index in [0.29, 0.717) is 6.61 Å². The molecule has 1 nitrogen and oxygen atoms in total. The van der Waals surface area contributed by atoms with E-state index in [1.165, 1.54) is 22.0 Å². The minimum Gasteiger partial charge on any atom is -0.369 e. The molecule has 2 heteroatoms. The molecule has 0 radical (unpaired) electrons. The Morgan fingerprint density at radius 1 is 0.895 bits per heavy atom. The molecule has 0 fully saturated rings. The van der Waals surface area contributed by atoms with Crippen molar-refractivity contribution in [2.24, 2.45) is 0 Å². The first kappa shape index (κ1) is 14.5. The number of halogens is 1. The van der Waals surface area contributed by atoms with Crippen LogP contribution in [0, 0.1) is 0 Å². The third-order valence-corrected chi connectivity index (χ3v) is 3.83. The molecule has 1 unspecified atom stereocenters. The average molecular weight is 366 g/mol. The van der Waals surface area contributed by atoms with Crippen molar-refractivity contribution < 1.29 is 4.74 Å². The molecular formula is C17H19IO. The van der Waals surface area contributed by atoms with Crippen molar-refractivity contribution >= 4 is 22.6 Å². The van der Waals surface area contributed by atoms with Crippen molar-refractivity contribution in [2.45, 2.75) is 25.6 Å². The lowest BCUT2D eigenvalue weighted by molar-refractivity contribution is 0.0337. The van der Waals surface area contributed by atoms with Gasteiger partial charge in [-0.15, -0.1) is 0 Å². The maximum Gasteiger partial charge on any atom is 0.0829 e. The van der Waals surface area contributed by atoms with Crippen LogP contribution in [0.25, 0.3) is 0 Å². The summed E-state index contributed by atoms with van der Waals surface area (Å²) in [6.45, 7) is 0.682. The van der Waals surface area contributed by atoms with Gasteiger partial charge in [0.2, 0.25) is 0 Å². The Labute approximate surface area is 129 Å². The number of hydrogen-bond acceptors (Lipinski definition) is 1. The zero-order valence-electron chi connectivity index (χ0n) is 11.0. The van der Waals surface area contributed by atoms with Gasteiger partial charge in [-0.2, -0.15) is 0 Å². The van der Waals surface area contributed by atoms with E-state index in [1.54, 1.807) is 0 Å². The Kier molecular flexibility index (Phi) is 6.37. The van der Waals surface area contributed by atoms with Crippen LogP contribution in [0.15, 0.2) is 60.7 Å². The van der Waals surface area contributed by atoms with Crippen LogP contribution in [0.1, 0.15) is 30.1 Å². The van der Waals surface area contributed by atoms with Crippen LogP contribution in [0.3, 0.4) is 0 Å². The van der Waals surface area contributed by atoms with Gasteiger partial charge in [-0.1, -0.05) is 83.3 Å². The minimum absolute atomic E-state index is 0.205. The Balaban J connectivity index is 1.98. The highest BCUT2D eigenvalue weighted by molar-refractivity contribution is 14.1.